The van der Waals surface area contributed by atoms with Gasteiger partial charge in [-0.2, -0.15) is 5.26 Å². The van der Waals surface area contributed by atoms with Crippen LogP contribution in [-0.4, -0.2) is 11.3 Å². The molecule has 15 heavy (non-hydrogen) atoms. The van der Waals surface area contributed by atoms with E-state index in [0.29, 0.717) is 6.29 Å². The number of halogens is 2. The first-order valence-corrected chi connectivity index (χ1v) is 4.01. The number of aldehydes is 1. The van der Waals surface area contributed by atoms with E-state index < -0.39 is 12.0 Å². The molecule has 0 saturated heterocycles. The maximum absolute atomic E-state index is 12.5. The quantitative estimate of drug-likeness (QED) is 0.761. The minimum atomic E-state index is -2.76. The maximum Gasteiger partial charge on any atom is 0.265 e. The van der Waals surface area contributed by atoms with Crippen LogP contribution in [0, 0.1) is 11.3 Å². The highest BCUT2D eigenvalue weighted by atomic mass is 19.3. The van der Waals surface area contributed by atoms with Crippen LogP contribution in [-0.2, 0) is 6.54 Å². The van der Waals surface area contributed by atoms with Gasteiger partial charge in [0.15, 0.2) is 12.0 Å². The molecule has 1 rings (SSSR count). The summed E-state index contributed by atoms with van der Waals surface area (Å²) in [6.07, 6.45) is -2.44. The number of aromatic nitrogens is 1. The SMILES string of the molecule is N#Cc1nc(CN)c(C(F)F)cc1C=O. The van der Waals surface area contributed by atoms with E-state index in [1.54, 1.807) is 6.07 Å². The molecule has 0 aliphatic rings. The highest BCUT2D eigenvalue weighted by molar-refractivity contribution is 5.78. The lowest BCUT2D eigenvalue weighted by atomic mass is 10.1. The van der Waals surface area contributed by atoms with Gasteiger partial charge in [-0.05, 0) is 6.07 Å². The summed E-state index contributed by atoms with van der Waals surface area (Å²) in [5.41, 5.74) is 4.41. The summed E-state index contributed by atoms with van der Waals surface area (Å²) in [4.78, 5) is 14.1. The molecule has 6 heteroatoms. The molecule has 0 bridgehead atoms. The molecule has 0 atom stereocenters. The van der Waals surface area contributed by atoms with Gasteiger partial charge < -0.3 is 5.73 Å². The Morgan fingerprint density at radius 3 is 2.73 bits per heavy atom. The van der Waals surface area contributed by atoms with Crippen LogP contribution in [0.15, 0.2) is 6.07 Å². The van der Waals surface area contributed by atoms with Gasteiger partial charge in [0.25, 0.3) is 6.43 Å². The number of nitrogens with zero attached hydrogens (tertiary/aromatic N) is 2. The Morgan fingerprint density at radius 1 is 1.67 bits per heavy atom. The molecule has 0 aliphatic heterocycles. The van der Waals surface area contributed by atoms with Crippen molar-refractivity contribution in [2.45, 2.75) is 13.0 Å². The van der Waals surface area contributed by atoms with E-state index in [1.807, 2.05) is 0 Å². The third-order valence-corrected chi connectivity index (χ3v) is 1.83. The van der Waals surface area contributed by atoms with Crippen LogP contribution in [0.5, 0.6) is 0 Å². The number of hydrogen-bond acceptors (Lipinski definition) is 4. The molecule has 2 N–H and O–H groups in total. The van der Waals surface area contributed by atoms with E-state index in [9.17, 15) is 13.6 Å². The van der Waals surface area contributed by atoms with E-state index >= 15 is 0 Å². The average molecular weight is 211 g/mol. The number of alkyl halides is 2. The zero-order valence-electron chi connectivity index (χ0n) is 7.58. The second kappa shape index (κ2) is 4.57. The van der Waals surface area contributed by atoms with E-state index in [0.717, 1.165) is 6.07 Å². The molecule has 0 saturated carbocycles. The van der Waals surface area contributed by atoms with Crippen LogP contribution in [0.1, 0.15) is 33.7 Å². The predicted molar refractivity (Wildman–Crippen MR) is 47.2 cm³/mol. The van der Waals surface area contributed by atoms with Crippen LogP contribution < -0.4 is 5.73 Å². The Morgan fingerprint density at radius 2 is 2.33 bits per heavy atom. The zero-order chi connectivity index (χ0) is 11.4. The largest absolute Gasteiger partial charge is 0.325 e. The fraction of sp³-hybridized carbons (Fsp3) is 0.222. The first kappa shape index (κ1) is 11.2. The van der Waals surface area contributed by atoms with Crippen molar-refractivity contribution in [1.82, 2.24) is 4.98 Å². The van der Waals surface area contributed by atoms with E-state index in [-0.39, 0.29) is 23.5 Å². The normalized spacial score (nSPS) is 10.1. The minimum absolute atomic E-state index is 0.0628. The molecular weight excluding hydrogens is 204 g/mol. The molecule has 0 aromatic carbocycles. The number of pyridine rings is 1. The third kappa shape index (κ3) is 2.14. The molecule has 4 nitrogen and oxygen atoms in total. The number of carbonyl (C=O) groups is 1. The maximum atomic E-state index is 12.5. The Hall–Kier alpha value is -1.87. The summed E-state index contributed by atoms with van der Waals surface area (Å²) in [6.45, 7) is -0.201. The molecule has 0 aliphatic carbocycles. The van der Waals surface area contributed by atoms with Gasteiger partial charge in [0.2, 0.25) is 0 Å². The van der Waals surface area contributed by atoms with Gasteiger partial charge in [-0.15, -0.1) is 0 Å². The second-order valence-corrected chi connectivity index (χ2v) is 2.70. The first-order chi connectivity index (χ1) is 7.13. The lowest BCUT2D eigenvalue weighted by molar-refractivity contribution is 0.112. The van der Waals surface area contributed by atoms with Crippen molar-refractivity contribution in [3.8, 4) is 6.07 Å². The van der Waals surface area contributed by atoms with Crippen LogP contribution in [0.2, 0.25) is 0 Å². The molecule has 0 fully saturated rings. The fourth-order valence-corrected chi connectivity index (χ4v) is 1.12. The molecule has 0 radical (unpaired) electrons. The Balaban J connectivity index is 3.42. The van der Waals surface area contributed by atoms with Gasteiger partial charge in [0.05, 0.1) is 11.3 Å². The monoisotopic (exact) mass is 211 g/mol. The van der Waals surface area contributed by atoms with Crippen molar-refractivity contribution in [3.63, 3.8) is 0 Å². The highest BCUT2D eigenvalue weighted by Crippen LogP contribution is 2.23. The molecule has 0 unspecified atom stereocenters. The molecule has 1 heterocycles. The van der Waals surface area contributed by atoms with Crippen molar-refractivity contribution in [2.24, 2.45) is 5.73 Å². The van der Waals surface area contributed by atoms with Gasteiger partial charge in [-0.25, -0.2) is 13.8 Å². The van der Waals surface area contributed by atoms with Crippen LogP contribution >= 0.6 is 0 Å². The molecule has 1 aromatic heterocycles. The summed E-state index contributed by atoms with van der Waals surface area (Å²) in [5.74, 6) is 0. The first-order valence-electron chi connectivity index (χ1n) is 4.01. The van der Waals surface area contributed by atoms with Gasteiger partial charge in [0.1, 0.15) is 6.07 Å². The van der Waals surface area contributed by atoms with Gasteiger partial charge in [-0.3, -0.25) is 4.79 Å². The standard InChI is InChI=1S/C9H7F2N3O/c10-9(11)6-1-5(4-15)7(2-12)14-8(6)3-13/h1,4,9H,3,13H2. The second-order valence-electron chi connectivity index (χ2n) is 2.70. The summed E-state index contributed by atoms with van der Waals surface area (Å²) in [6, 6.07) is 2.59. The minimum Gasteiger partial charge on any atom is -0.325 e. The Labute approximate surface area is 84.3 Å². The van der Waals surface area contributed by atoms with Crippen molar-refractivity contribution in [3.05, 3.63) is 28.6 Å². The summed E-state index contributed by atoms with van der Waals surface area (Å²) < 4.78 is 24.9. The average Bonchev–Trinajstić information content (AvgIpc) is 2.26. The van der Waals surface area contributed by atoms with Crippen molar-refractivity contribution in [1.29, 1.82) is 5.26 Å². The molecule has 0 spiro atoms. The summed E-state index contributed by atoms with van der Waals surface area (Å²) >= 11 is 0. The summed E-state index contributed by atoms with van der Waals surface area (Å²) in [7, 11) is 0. The van der Waals surface area contributed by atoms with E-state index in [4.69, 9.17) is 11.0 Å². The van der Waals surface area contributed by atoms with Crippen LogP contribution in [0.25, 0.3) is 0 Å². The fourth-order valence-electron chi connectivity index (χ4n) is 1.12. The topological polar surface area (TPSA) is 79.8 Å². The van der Waals surface area contributed by atoms with Gasteiger partial charge >= 0.3 is 0 Å². The number of nitriles is 1. The smallest absolute Gasteiger partial charge is 0.265 e. The van der Waals surface area contributed by atoms with Crippen molar-refractivity contribution in [2.75, 3.05) is 0 Å². The predicted octanol–water partition coefficient (Wildman–Crippen LogP) is 1.16. The van der Waals surface area contributed by atoms with E-state index in [1.165, 1.54) is 0 Å². The molecular formula is C9H7F2N3O. The van der Waals surface area contributed by atoms with Crippen molar-refractivity contribution >= 4 is 6.29 Å². The Bertz CT molecular complexity index is 426. The van der Waals surface area contributed by atoms with Gasteiger partial charge in [-0.1, -0.05) is 0 Å². The van der Waals surface area contributed by atoms with Crippen LogP contribution in [0.3, 0.4) is 0 Å². The lowest BCUT2D eigenvalue weighted by Gasteiger charge is -2.07. The number of hydrogen-bond donors (Lipinski definition) is 1. The molecule has 78 valence electrons. The molecule has 1 aromatic rings. The van der Waals surface area contributed by atoms with Crippen molar-refractivity contribution < 1.29 is 13.6 Å². The highest BCUT2D eigenvalue weighted by Gasteiger charge is 2.17. The Kier molecular flexibility index (Phi) is 3.42. The van der Waals surface area contributed by atoms with Gasteiger partial charge in [0, 0.05) is 12.1 Å². The summed E-state index contributed by atoms with van der Waals surface area (Å²) in [5, 5.41) is 8.60. The molecule has 0 amide bonds. The number of carbonyl (C=O) groups excluding carboxylic acids is 1. The number of rotatable bonds is 3. The van der Waals surface area contributed by atoms with E-state index in [2.05, 4.69) is 4.98 Å². The third-order valence-electron chi connectivity index (χ3n) is 1.83. The lowest BCUT2D eigenvalue weighted by Crippen LogP contribution is -2.08. The number of nitrogens with two attached hydrogens (primary N) is 1. The van der Waals surface area contributed by atoms with Crippen LogP contribution in [0.4, 0.5) is 8.78 Å². The zero-order valence-corrected chi connectivity index (χ0v) is 7.58.